The first-order valence-electron chi connectivity index (χ1n) is 9.19. The molecule has 3 rings (SSSR count). The van der Waals surface area contributed by atoms with Gasteiger partial charge in [0.25, 0.3) is 5.91 Å². The average Bonchev–Trinajstić information content (AvgIpc) is 2.69. The van der Waals surface area contributed by atoms with Gasteiger partial charge in [-0.3, -0.25) is 4.79 Å². The molecule has 1 heterocycles. The Bertz CT molecular complexity index is 925. The van der Waals surface area contributed by atoms with Crippen LogP contribution in [0.3, 0.4) is 0 Å². The van der Waals surface area contributed by atoms with Crippen molar-refractivity contribution in [3.63, 3.8) is 0 Å². The summed E-state index contributed by atoms with van der Waals surface area (Å²) >= 11 is 5.91. The fraction of sp³-hybridized carbons (Fsp3) is 0.350. The van der Waals surface area contributed by atoms with Crippen molar-refractivity contribution in [3.05, 3.63) is 53.6 Å². The Morgan fingerprint density at radius 3 is 2.43 bits per heavy atom. The molecule has 0 aliphatic carbocycles. The second-order valence-corrected chi connectivity index (χ2v) is 9.07. The molecule has 8 heteroatoms. The lowest BCUT2D eigenvalue weighted by Gasteiger charge is -2.25. The Kier molecular flexibility index (Phi) is 6.59. The van der Waals surface area contributed by atoms with Crippen LogP contribution in [-0.4, -0.2) is 37.8 Å². The summed E-state index contributed by atoms with van der Waals surface area (Å²) in [5.41, 5.74) is 0.504. The zero-order valence-electron chi connectivity index (χ0n) is 15.6. The van der Waals surface area contributed by atoms with Gasteiger partial charge in [0.05, 0.1) is 4.90 Å². The number of hydrogen-bond acceptors (Lipinski definition) is 4. The average molecular weight is 423 g/mol. The molecule has 0 aromatic heterocycles. The molecule has 1 aliphatic heterocycles. The van der Waals surface area contributed by atoms with E-state index >= 15 is 0 Å². The number of hydrogen-bond donors (Lipinski definition) is 1. The number of rotatable bonds is 6. The van der Waals surface area contributed by atoms with E-state index in [1.165, 1.54) is 16.4 Å². The van der Waals surface area contributed by atoms with Crippen LogP contribution in [0.5, 0.6) is 5.75 Å². The van der Waals surface area contributed by atoms with E-state index in [0.717, 1.165) is 19.3 Å². The molecule has 6 nitrogen and oxygen atoms in total. The summed E-state index contributed by atoms with van der Waals surface area (Å²) in [7, 11) is -3.48. The van der Waals surface area contributed by atoms with Crippen molar-refractivity contribution in [1.82, 2.24) is 4.31 Å². The number of carbonyl (C=O) groups excluding carboxylic acids is 1. The highest BCUT2D eigenvalue weighted by molar-refractivity contribution is 7.89. The molecule has 2 aromatic rings. The van der Waals surface area contributed by atoms with E-state index in [0.29, 0.717) is 29.5 Å². The van der Waals surface area contributed by atoms with Crippen LogP contribution in [0.1, 0.15) is 26.2 Å². The molecule has 1 aliphatic rings. The number of sulfonamides is 1. The molecule has 1 N–H and O–H groups in total. The van der Waals surface area contributed by atoms with Crippen molar-refractivity contribution < 1.29 is 17.9 Å². The van der Waals surface area contributed by atoms with Crippen molar-refractivity contribution in [2.45, 2.75) is 37.2 Å². The Morgan fingerprint density at radius 2 is 1.79 bits per heavy atom. The number of nitrogens with one attached hydrogen (secondary N) is 1. The monoisotopic (exact) mass is 422 g/mol. The van der Waals surface area contributed by atoms with Gasteiger partial charge >= 0.3 is 0 Å². The first-order chi connectivity index (χ1) is 13.4. The van der Waals surface area contributed by atoms with Crippen molar-refractivity contribution in [2.24, 2.45) is 0 Å². The third-order valence-electron chi connectivity index (χ3n) is 4.55. The van der Waals surface area contributed by atoms with Crippen molar-refractivity contribution in [2.75, 3.05) is 18.4 Å². The third kappa shape index (κ3) is 5.04. The second-order valence-electron chi connectivity index (χ2n) is 6.70. The summed E-state index contributed by atoms with van der Waals surface area (Å²) in [5, 5.41) is 3.25. The summed E-state index contributed by atoms with van der Waals surface area (Å²) in [6.45, 7) is 2.74. The summed E-state index contributed by atoms with van der Waals surface area (Å²) < 4.78 is 32.4. The van der Waals surface area contributed by atoms with Crippen molar-refractivity contribution in [1.29, 1.82) is 0 Å². The molecule has 150 valence electrons. The summed E-state index contributed by atoms with van der Waals surface area (Å²) in [5.74, 6) is 0.157. The molecule has 0 unspecified atom stereocenters. The maximum absolute atomic E-state index is 12.7. The predicted molar refractivity (Wildman–Crippen MR) is 109 cm³/mol. The zero-order valence-corrected chi connectivity index (χ0v) is 17.2. The molecular weight excluding hydrogens is 400 g/mol. The maximum Gasteiger partial charge on any atom is 0.265 e. The molecule has 1 fully saturated rings. The number of carbonyl (C=O) groups is 1. The molecule has 2 aromatic carbocycles. The van der Waals surface area contributed by atoms with Gasteiger partial charge in [0.2, 0.25) is 10.0 Å². The van der Waals surface area contributed by atoms with Gasteiger partial charge in [-0.1, -0.05) is 24.1 Å². The van der Waals surface area contributed by atoms with Crippen LogP contribution in [0.25, 0.3) is 0 Å². The zero-order chi connectivity index (χ0) is 20.1. The topological polar surface area (TPSA) is 75.7 Å². The molecule has 0 radical (unpaired) electrons. The van der Waals surface area contributed by atoms with Gasteiger partial charge in [0.15, 0.2) is 6.10 Å². The van der Waals surface area contributed by atoms with E-state index < -0.39 is 16.1 Å². The van der Waals surface area contributed by atoms with Gasteiger partial charge in [0, 0.05) is 23.8 Å². The van der Waals surface area contributed by atoms with Gasteiger partial charge in [-0.25, -0.2) is 8.42 Å². The van der Waals surface area contributed by atoms with Crippen LogP contribution in [0.4, 0.5) is 5.69 Å². The summed E-state index contributed by atoms with van der Waals surface area (Å²) in [6.07, 6.45) is 2.09. The lowest BCUT2D eigenvalue weighted by molar-refractivity contribution is -0.122. The van der Waals surface area contributed by atoms with Crippen LogP contribution in [-0.2, 0) is 14.8 Å². The molecule has 1 saturated heterocycles. The number of amides is 1. The molecule has 1 amide bonds. The van der Waals surface area contributed by atoms with Crippen molar-refractivity contribution >= 4 is 33.2 Å². The minimum atomic E-state index is -3.48. The number of nitrogens with zero attached hydrogens (tertiary/aromatic N) is 1. The number of piperidine rings is 1. The Balaban J connectivity index is 1.62. The van der Waals surface area contributed by atoms with Crippen molar-refractivity contribution in [3.8, 4) is 5.75 Å². The summed E-state index contributed by atoms with van der Waals surface area (Å²) in [4.78, 5) is 12.6. The van der Waals surface area contributed by atoms with Crippen LogP contribution in [0.15, 0.2) is 53.4 Å². The van der Waals surface area contributed by atoms with Gasteiger partial charge in [-0.2, -0.15) is 4.31 Å². The summed E-state index contributed by atoms with van der Waals surface area (Å²) in [6, 6.07) is 13.0. The quantitative estimate of drug-likeness (QED) is 0.765. The number of ether oxygens (including phenoxy) is 1. The highest BCUT2D eigenvalue weighted by Gasteiger charge is 2.25. The van der Waals surface area contributed by atoms with Gasteiger partial charge in [0.1, 0.15) is 5.75 Å². The second kappa shape index (κ2) is 8.94. The highest BCUT2D eigenvalue weighted by atomic mass is 35.5. The van der Waals surface area contributed by atoms with Crippen LogP contribution in [0, 0.1) is 0 Å². The first-order valence-corrected chi connectivity index (χ1v) is 11.0. The molecule has 0 saturated carbocycles. The van der Waals surface area contributed by atoms with Gasteiger partial charge < -0.3 is 10.1 Å². The lowest BCUT2D eigenvalue weighted by Crippen LogP contribution is -2.35. The minimum absolute atomic E-state index is 0.232. The van der Waals surface area contributed by atoms with E-state index in [9.17, 15) is 13.2 Å². The predicted octanol–water partition coefficient (Wildman–Crippen LogP) is 3.92. The van der Waals surface area contributed by atoms with E-state index in [-0.39, 0.29) is 10.8 Å². The Morgan fingerprint density at radius 1 is 1.11 bits per heavy atom. The van der Waals surface area contributed by atoms with E-state index in [4.69, 9.17) is 16.3 Å². The van der Waals surface area contributed by atoms with Crippen LogP contribution < -0.4 is 10.1 Å². The Labute approximate surface area is 170 Å². The first kappa shape index (κ1) is 20.6. The normalized spacial score (nSPS) is 16.4. The largest absolute Gasteiger partial charge is 0.481 e. The van der Waals surface area contributed by atoms with E-state index in [1.807, 2.05) is 0 Å². The van der Waals surface area contributed by atoms with Crippen LogP contribution >= 0.6 is 11.6 Å². The number of halogens is 1. The molecule has 0 spiro atoms. The fourth-order valence-electron chi connectivity index (χ4n) is 3.01. The molecule has 28 heavy (non-hydrogen) atoms. The standard InChI is InChI=1S/C20H23ClN2O4S/c1-15(27-18-7-5-6-16(21)14-18)20(24)22-17-8-10-19(11-9-17)28(25,26)23-12-3-2-4-13-23/h5-11,14-15H,2-4,12-13H2,1H3,(H,22,24)/t15-/m1/s1. The van der Waals surface area contributed by atoms with Crippen LogP contribution in [0.2, 0.25) is 5.02 Å². The third-order valence-corrected chi connectivity index (χ3v) is 6.70. The SMILES string of the molecule is C[C@@H](Oc1cccc(Cl)c1)C(=O)Nc1ccc(S(=O)(=O)N2CCCCC2)cc1. The molecule has 0 bridgehead atoms. The Hall–Kier alpha value is -2.09. The minimum Gasteiger partial charge on any atom is -0.481 e. The molecule has 1 atom stereocenters. The van der Waals surface area contributed by atoms with Gasteiger partial charge in [-0.15, -0.1) is 0 Å². The molecular formula is C20H23ClN2O4S. The number of anilines is 1. The smallest absolute Gasteiger partial charge is 0.265 e. The fourth-order valence-corrected chi connectivity index (χ4v) is 4.70. The van der Waals surface area contributed by atoms with Gasteiger partial charge in [-0.05, 0) is 62.2 Å². The van der Waals surface area contributed by atoms with E-state index in [2.05, 4.69) is 5.32 Å². The lowest BCUT2D eigenvalue weighted by atomic mass is 10.2. The van der Waals surface area contributed by atoms with E-state index in [1.54, 1.807) is 43.3 Å². The number of benzene rings is 2. The maximum atomic E-state index is 12.7. The highest BCUT2D eigenvalue weighted by Crippen LogP contribution is 2.22.